The third-order valence-corrected chi connectivity index (χ3v) is 3.15. The van der Waals surface area contributed by atoms with E-state index >= 15 is 0 Å². The Bertz CT molecular complexity index is 544. The Morgan fingerprint density at radius 1 is 1.36 bits per heavy atom. The molecule has 1 aliphatic rings. The van der Waals surface area contributed by atoms with Crippen LogP contribution in [0.15, 0.2) is 28.1 Å². The van der Waals surface area contributed by atoms with Gasteiger partial charge in [0.2, 0.25) is 0 Å². The highest BCUT2D eigenvalue weighted by atomic mass is 32.2. The summed E-state index contributed by atoms with van der Waals surface area (Å²) in [5.74, 6) is 0.116. The number of nitrogens with one attached hydrogen (secondary N) is 1. The van der Waals surface area contributed by atoms with Crippen molar-refractivity contribution in [2.45, 2.75) is 4.90 Å². The molecule has 14 heavy (non-hydrogen) atoms. The first-order valence-electron chi connectivity index (χ1n) is 3.95. The Balaban J connectivity index is 2.64. The molecular weight excluding hydrogens is 200 g/mol. The van der Waals surface area contributed by atoms with E-state index in [4.69, 9.17) is 5.41 Å². The smallest absolute Gasteiger partial charge is 0.175 e. The van der Waals surface area contributed by atoms with E-state index in [1.807, 2.05) is 0 Å². The predicted octanol–water partition coefficient (Wildman–Crippen LogP) is 0.848. The van der Waals surface area contributed by atoms with Crippen LogP contribution in [-0.4, -0.2) is 26.7 Å². The van der Waals surface area contributed by atoms with Crippen molar-refractivity contribution < 1.29 is 8.42 Å². The van der Waals surface area contributed by atoms with Crippen molar-refractivity contribution in [3.8, 4) is 0 Å². The molecule has 0 aromatic heterocycles. The van der Waals surface area contributed by atoms with Crippen LogP contribution in [-0.2, 0) is 9.84 Å². The van der Waals surface area contributed by atoms with E-state index in [0.29, 0.717) is 5.56 Å². The largest absolute Gasteiger partial charge is 0.282 e. The zero-order chi connectivity index (χ0) is 10.3. The second-order valence-electron chi connectivity index (χ2n) is 3.13. The highest BCUT2D eigenvalue weighted by molar-refractivity contribution is 7.90. The lowest BCUT2D eigenvalue weighted by Crippen LogP contribution is -2.00. The molecule has 72 valence electrons. The fourth-order valence-corrected chi connectivity index (χ4v) is 1.93. The summed E-state index contributed by atoms with van der Waals surface area (Å²) in [5, 5.41) is 7.44. The van der Waals surface area contributed by atoms with Gasteiger partial charge in [0.25, 0.3) is 0 Å². The Kier molecular flexibility index (Phi) is 1.78. The molecule has 2 rings (SSSR count). The number of hydrogen-bond donors (Lipinski definition) is 1. The molecular formula is C9H8N2O2S. The van der Waals surface area contributed by atoms with Crippen LogP contribution in [0.25, 0.3) is 0 Å². The molecule has 0 bridgehead atoms. The minimum absolute atomic E-state index is 0.116. The van der Waals surface area contributed by atoms with Crippen molar-refractivity contribution in [3.05, 3.63) is 29.3 Å². The fourth-order valence-electron chi connectivity index (χ4n) is 1.29. The van der Waals surface area contributed by atoms with Gasteiger partial charge in [-0.05, 0) is 12.1 Å². The van der Waals surface area contributed by atoms with E-state index < -0.39 is 9.84 Å². The van der Waals surface area contributed by atoms with Crippen LogP contribution in [0.2, 0.25) is 0 Å². The number of sulfone groups is 1. The molecule has 1 N–H and O–H groups in total. The average Bonchev–Trinajstić information content (AvgIpc) is 2.46. The van der Waals surface area contributed by atoms with Gasteiger partial charge < -0.3 is 0 Å². The van der Waals surface area contributed by atoms with E-state index in [9.17, 15) is 8.42 Å². The molecule has 5 heteroatoms. The van der Waals surface area contributed by atoms with Gasteiger partial charge in [-0.1, -0.05) is 6.07 Å². The number of aliphatic imine (C=N–C) groups is 1. The molecule has 1 aliphatic heterocycles. The summed E-state index contributed by atoms with van der Waals surface area (Å²) in [4.78, 5) is 4.02. The lowest BCUT2D eigenvalue weighted by Gasteiger charge is -2.01. The highest BCUT2D eigenvalue weighted by Crippen LogP contribution is 2.19. The Morgan fingerprint density at radius 3 is 2.71 bits per heavy atom. The first kappa shape index (κ1) is 9.08. The lowest BCUT2D eigenvalue weighted by molar-refractivity contribution is 0.602. The average molecular weight is 208 g/mol. The van der Waals surface area contributed by atoms with Crippen LogP contribution in [0, 0.1) is 5.41 Å². The maximum Gasteiger partial charge on any atom is 0.175 e. The van der Waals surface area contributed by atoms with Crippen LogP contribution in [0.4, 0.5) is 0 Å². The minimum Gasteiger partial charge on any atom is -0.282 e. The summed E-state index contributed by atoms with van der Waals surface area (Å²) in [6.45, 7) is 0. The third kappa shape index (κ3) is 1.35. The second kappa shape index (κ2) is 2.75. The van der Waals surface area contributed by atoms with Crippen molar-refractivity contribution in [2.24, 2.45) is 4.99 Å². The molecule has 4 nitrogen and oxygen atoms in total. The maximum atomic E-state index is 11.2. The Hall–Kier alpha value is -1.49. The van der Waals surface area contributed by atoms with Crippen LogP contribution in [0.1, 0.15) is 11.1 Å². The van der Waals surface area contributed by atoms with E-state index in [1.165, 1.54) is 12.1 Å². The van der Waals surface area contributed by atoms with Gasteiger partial charge in [-0.2, -0.15) is 0 Å². The summed E-state index contributed by atoms with van der Waals surface area (Å²) < 4.78 is 22.5. The first-order valence-corrected chi connectivity index (χ1v) is 5.85. The zero-order valence-corrected chi connectivity index (χ0v) is 8.30. The summed E-state index contributed by atoms with van der Waals surface area (Å²) in [6, 6.07) is 4.68. The van der Waals surface area contributed by atoms with E-state index in [1.54, 1.807) is 12.3 Å². The predicted molar refractivity (Wildman–Crippen MR) is 54.0 cm³/mol. The SMILES string of the molecule is CS(=O)(=O)c1ccc2c(c1)C(=N)N=C2. The van der Waals surface area contributed by atoms with Crippen LogP contribution in [0.5, 0.6) is 0 Å². The van der Waals surface area contributed by atoms with E-state index in [-0.39, 0.29) is 10.7 Å². The molecule has 1 aromatic carbocycles. The van der Waals surface area contributed by atoms with Crippen molar-refractivity contribution in [3.63, 3.8) is 0 Å². The van der Waals surface area contributed by atoms with Crippen molar-refractivity contribution in [2.75, 3.05) is 6.26 Å². The molecule has 0 aliphatic carbocycles. The highest BCUT2D eigenvalue weighted by Gasteiger charge is 2.15. The quantitative estimate of drug-likeness (QED) is 0.743. The van der Waals surface area contributed by atoms with Crippen LogP contribution in [0.3, 0.4) is 0 Å². The second-order valence-corrected chi connectivity index (χ2v) is 5.14. The van der Waals surface area contributed by atoms with Gasteiger partial charge in [-0.3, -0.25) is 5.41 Å². The molecule has 0 saturated carbocycles. The van der Waals surface area contributed by atoms with Gasteiger partial charge in [-0.25, -0.2) is 13.4 Å². The zero-order valence-electron chi connectivity index (χ0n) is 7.48. The fraction of sp³-hybridized carbons (Fsp3) is 0.111. The van der Waals surface area contributed by atoms with Crippen molar-refractivity contribution >= 4 is 21.9 Å². The van der Waals surface area contributed by atoms with Gasteiger partial charge in [0.15, 0.2) is 15.7 Å². The van der Waals surface area contributed by atoms with Gasteiger partial charge in [0.05, 0.1) is 4.90 Å². The molecule has 0 amide bonds. The molecule has 0 spiro atoms. The first-order chi connectivity index (χ1) is 6.48. The lowest BCUT2D eigenvalue weighted by atomic mass is 10.1. The molecule has 0 fully saturated rings. The van der Waals surface area contributed by atoms with E-state index in [2.05, 4.69) is 4.99 Å². The monoisotopic (exact) mass is 208 g/mol. The van der Waals surface area contributed by atoms with Crippen molar-refractivity contribution in [1.29, 1.82) is 5.41 Å². The number of amidine groups is 1. The number of nitrogens with zero attached hydrogens (tertiary/aromatic N) is 1. The van der Waals surface area contributed by atoms with Crippen molar-refractivity contribution in [1.82, 2.24) is 0 Å². The number of fused-ring (bicyclic) bond motifs is 1. The topological polar surface area (TPSA) is 70.3 Å². The number of rotatable bonds is 1. The summed E-state index contributed by atoms with van der Waals surface area (Å²) in [5.41, 5.74) is 1.37. The normalized spacial score (nSPS) is 14.5. The van der Waals surface area contributed by atoms with Gasteiger partial charge >= 0.3 is 0 Å². The Morgan fingerprint density at radius 2 is 2.07 bits per heavy atom. The molecule has 0 unspecified atom stereocenters. The van der Waals surface area contributed by atoms with Gasteiger partial charge in [0, 0.05) is 23.6 Å². The van der Waals surface area contributed by atoms with E-state index in [0.717, 1.165) is 11.8 Å². The molecule has 0 radical (unpaired) electrons. The maximum absolute atomic E-state index is 11.2. The van der Waals surface area contributed by atoms with Crippen LogP contribution >= 0.6 is 0 Å². The van der Waals surface area contributed by atoms with Crippen LogP contribution < -0.4 is 0 Å². The number of benzene rings is 1. The number of hydrogen-bond acceptors (Lipinski definition) is 3. The van der Waals surface area contributed by atoms with Gasteiger partial charge in [0.1, 0.15) is 0 Å². The summed E-state index contributed by atoms with van der Waals surface area (Å²) >= 11 is 0. The standard InChI is InChI=1S/C9H8N2O2S/c1-14(12,13)7-3-2-6-5-11-9(10)8(6)4-7/h2-5,10H,1H3. The van der Waals surface area contributed by atoms with Gasteiger partial charge in [-0.15, -0.1) is 0 Å². The molecule has 1 heterocycles. The molecule has 0 saturated heterocycles. The molecule has 1 aromatic rings. The third-order valence-electron chi connectivity index (χ3n) is 2.04. The molecule has 0 atom stereocenters. The summed E-state index contributed by atoms with van der Waals surface area (Å²) in [7, 11) is -3.20. The minimum atomic E-state index is -3.20. The Labute approximate surface area is 81.7 Å². The summed E-state index contributed by atoms with van der Waals surface area (Å²) in [6.07, 6.45) is 2.71.